The molecule has 94 valence electrons. The summed E-state index contributed by atoms with van der Waals surface area (Å²) in [5.74, 6) is 0. The number of halogens is 1. The molecular weight excluding hydrogens is 318 g/mol. The monoisotopic (exact) mass is 327 g/mol. The third-order valence-corrected chi connectivity index (χ3v) is 3.94. The van der Waals surface area contributed by atoms with Crippen LogP contribution in [0.4, 0.5) is 5.69 Å². The fraction of sp³-hybridized carbons (Fsp3) is 0.0909. The van der Waals surface area contributed by atoms with Gasteiger partial charge in [-0.1, -0.05) is 0 Å². The standard InChI is InChI=1S/C11H10BrN3O2S/c1-8-2-3-10(6-14-8)15-18(16,17)11-4-9(12)5-13-7-11/h2-7,15H,1H3. The van der Waals surface area contributed by atoms with Gasteiger partial charge in [-0.2, -0.15) is 0 Å². The first-order chi connectivity index (χ1) is 8.47. The lowest BCUT2D eigenvalue weighted by Crippen LogP contribution is -2.13. The van der Waals surface area contributed by atoms with Crippen molar-refractivity contribution >= 4 is 31.6 Å². The maximum absolute atomic E-state index is 12.0. The second-order valence-electron chi connectivity index (χ2n) is 3.63. The SMILES string of the molecule is Cc1ccc(NS(=O)(=O)c2cncc(Br)c2)cn1. The van der Waals surface area contributed by atoms with E-state index in [4.69, 9.17) is 0 Å². The Balaban J connectivity index is 2.30. The lowest BCUT2D eigenvalue weighted by Gasteiger charge is -2.07. The number of aryl methyl sites for hydroxylation is 1. The molecule has 0 atom stereocenters. The summed E-state index contributed by atoms with van der Waals surface area (Å²) in [7, 11) is -3.63. The molecular formula is C11H10BrN3O2S. The summed E-state index contributed by atoms with van der Waals surface area (Å²) in [6.45, 7) is 1.83. The van der Waals surface area contributed by atoms with Crippen LogP contribution in [0.5, 0.6) is 0 Å². The molecule has 0 aliphatic rings. The first-order valence-corrected chi connectivity index (χ1v) is 7.31. The average Bonchev–Trinajstić information content (AvgIpc) is 2.32. The van der Waals surface area contributed by atoms with Crippen molar-refractivity contribution in [1.82, 2.24) is 9.97 Å². The van der Waals surface area contributed by atoms with Gasteiger partial charge in [0.15, 0.2) is 0 Å². The van der Waals surface area contributed by atoms with Crippen molar-refractivity contribution in [2.75, 3.05) is 4.72 Å². The number of anilines is 1. The zero-order valence-corrected chi connectivity index (χ0v) is 11.9. The van der Waals surface area contributed by atoms with E-state index in [1.807, 2.05) is 6.92 Å². The molecule has 0 bridgehead atoms. The molecule has 7 heteroatoms. The van der Waals surface area contributed by atoms with Crippen LogP contribution in [0.2, 0.25) is 0 Å². The largest absolute Gasteiger partial charge is 0.278 e. The second kappa shape index (κ2) is 5.03. The summed E-state index contributed by atoms with van der Waals surface area (Å²) < 4.78 is 27.1. The number of nitrogens with one attached hydrogen (secondary N) is 1. The molecule has 5 nitrogen and oxygen atoms in total. The van der Waals surface area contributed by atoms with Gasteiger partial charge in [-0.05, 0) is 41.1 Å². The summed E-state index contributed by atoms with van der Waals surface area (Å²) in [5.41, 5.74) is 1.24. The van der Waals surface area contributed by atoms with Crippen molar-refractivity contribution in [3.05, 3.63) is 47.0 Å². The molecule has 0 spiro atoms. The van der Waals surface area contributed by atoms with Crippen LogP contribution in [0.3, 0.4) is 0 Å². The summed E-state index contributed by atoms with van der Waals surface area (Å²) in [5, 5.41) is 0. The molecule has 2 rings (SSSR count). The first-order valence-electron chi connectivity index (χ1n) is 5.03. The summed E-state index contributed by atoms with van der Waals surface area (Å²) in [4.78, 5) is 7.94. The third kappa shape index (κ3) is 3.05. The van der Waals surface area contributed by atoms with E-state index < -0.39 is 10.0 Å². The van der Waals surface area contributed by atoms with E-state index in [0.717, 1.165) is 5.69 Å². The highest BCUT2D eigenvalue weighted by Crippen LogP contribution is 2.17. The van der Waals surface area contributed by atoms with Crippen molar-refractivity contribution < 1.29 is 8.42 Å². The van der Waals surface area contributed by atoms with Crippen molar-refractivity contribution in [2.24, 2.45) is 0 Å². The highest BCUT2D eigenvalue weighted by molar-refractivity contribution is 9.10. The van der Waals surface area contributed by atoms with Crippen LogP contribution < -0.4 is 4.72 Å². The van der Waals surface area contributed by atoms with Crippen LogP contribution in [-0.4, -0.2) is 18.4 Å². The highest BCUT2D eigenvalue weighted by atomic mass is 79.9. The predicted octanol–water partition coefficient (Wildman–Crippen LogP) is 2.35. The first kappa shape index (κ1) is 13.0. The predicted molar refractivity (Wildman–Crippen MR) is 71.7 cm³/mol. The second-order valence-corrected chi connectivity index (χ2v) is 6.23. The van der Waals surface area contributed by atoms with Gasteiger partial charge in [-0.3, -0.25) is 14.7 Å². The number of hydrogen-bond donors (Lipinski definition) is 1. The molecule has 0 fully saturated rings. The number of rotatable bonds is 3. The molecule has 1 N–H and O–H groups in total. The summed E-state index contributed by atoms with van der Waals surface area (Å²) in [6, 6.07) is 4.87. The molecule has 0 radical (unpaired) electrons. The van der Waals surface area contributed by atoms with Gasteiger partial charge >= 0.3 is 0 Å². The summed E-state index contributed by atoms with van der Waals surface area (Å²) in [6.07, 6.45) is 4.28. The zero-order valence-electron chi connectivity index (χ0n) is 9.46. The molecule has 18 heavy (non-hydrogen) atoms. The Morgan fingerprint density at radius 1 is 1.22 bits per heavy atom. The van der Waals surface area contributed by atoms with Crippen LogP contribution in [0.15, 0.2) is 46.2 Å². The molecule has 0 saturated heterocycles. The Kier molecular flexibility index (Phi) is 3.63. The molecule has 0 unspecified atom stereocenters. The number of nitrogens with zero attached hydrogens (tertiary/aromatic N) is 2. The van der Waals surface area contributed by atoms with E-state index in [0.29, 0.717) is 10.2 Å². The maximum Gasteiger partial charge on any atom is 0.263 e. The van der Waals surface area contributed by atoms with Crippen LogP contribution in [0, 0.1) is 6.92 Å². The molecule has 2 heterocycles. The smallest absolute Gasteiger partial charge is 0.263 e. The number of hydrogen-bond acceptors (Lipinski definition) is 4. The minimum Gasteiger partial charge on any atom is -0.278 e. The van der Waals surface area contributed by atoms with E-state index in [-0.39, 0.29) is 4.90 Å². The summed E-state index contributed by atoms with van der Waals surface area (Å²) >= 11 is 3.18. The quantitative estimate of drug-likeness (QED) is 0.939. The third-order valence-electron chi connectivity index (χ3n) is 2.15. The average molecular weight is 328 g/mol. The molecule has 0 saturated carbocycles. The Morgan fingerprint density at radius 2 is 2.00 bits per heavy atom. The zero-order chi connectivity index (χ0) is 13.2. The van der Waals surface area contributed by atoms with E-state index in [1.54, 1.807) is 12.1 Å². The lowest BCUT2D eigenvalue weighted by molar-refractivity contribution is 0.600. The number of aromatic nitrogens is 2. The molecule has 0 aliphatic carbocycles. The maximum atomic E-state index is 12.0. The molecule has 0 aromatic carbocycles. The fourth-order valence-corrected chi connectivity index (χ4v) is 2.83. The molecule has 2 aromatic heterocycles. The van der Waals surface area contributed by atoms with Gasteiger partial charge < -0.3 is 0 Å². The molecule has 0 aliphatic heterocycles. The van der Waals surface area contributed by atoms with Crippen molar-refractivity contribution in [2.45, 2.75) is 11.8 Å². The van der Waals surface area contributed by atoms with Crippen LogP contribution in [0.1, 0.15) is 5.69 Å². The molecule has 0 amide bonds. The van der Waals surface area contributed by atoms with Crippen molar-refractivity contribution in [1.29, 1.82) is 0 Å². The minimum atomic E-state index is -3.63. The van der Waals surface area contributed by atoms with Crippen LogP contribution in [0.25, 0.3) is 0 Å². The Hall–Kier alpha value is -1.47. The van der Waals surface area contributed by atoms with Crippen LogP contribution in [-0.2, 0) is 10.0 Å². The van der Waals surface area contributed by atoms with Gasteiger partial charge in [-0.15, -0.1) is 0 Å². The van der Waals surface area contributed by atoms with E-state index >= 15 is 0 Å². The van der Waals surface area contributed by atoms with Gasteiger partial charge in [0, 0.05) is 22.6 Å². The topological polar surface area (TPSA) is 72.0 Å². The van der Waals surface area contributed by atoms with Crippen molar-refractivity contribution in [3.63, 3.8) is 0 Å². The number of sulfonamides is 1. The minimum absolute atomic E-state index is 0.0949. The fourth-order valence-electron chi connectivity index (χ4n) is 1.28. The van der Waals surface area contributed by atoms with E-state index in [2.05, 4.69) is 30.6 Å². The Labute approximate surface area is 113 Å². The van der Waals surface area contributed by atoms with Gasteiger partial charge in [0.25, 0.3) is 10.0 Å². The highest BCUT2D eigenvalue weighted by Gasteiger charge is 2.14. The molecule has 2 aromatic rings. The van der Waals surface area contributed by atoms with Gasteiger partial charge in [0.1, 0.15) is 4.90 Å². The van der Waals surface area contributed by atoms with E-state index in [1.165, 1.54) is 24.7 Å². The van der Waals surface area contributed by atoms with Gasteiger partial charge in [0.2, 0.25) is 0 Å². The Bertz CT molecular complexity index is 656. The van der Waals surface area contributed by atoms with E-state index in [9.17, 15) is 8.42 Å². The Morgan fingerprint density at radius 3 is 2.61 bits per heavy atom. The normalized spacial score (nSPS) is 11.2. The lowest BCUT2D eigenvalue weighted by atomic mass is 10.4. The number of pyridine rings is 2. The van der Waals surface area contributed by atoms with Crippen LogP contribution >= 0.6 is 15.9 Å². The van der Waals surface area contributed by atoms with Crippen molar-refractivity contribution in [3.8, 4) is 0 Å². The van der Waals surface area contributed by atoms with Gasteiger partial charge in [-0.25, -0.2) is 8.42 Å². The van der Waals surface area contributed by atoms with Gasteiger partial charge in [0.05, 0.1) is 11.9 Å².